The van der Waals surface area contributed by atoms with E-state index in [9.17, 15) is 4.79 Å². The monoisotopic (exact) mass is 351 g/mol. The Kier molecular flexibility index (Phi) is 5.26. The summed E-state index contributed by atoms with van der Waals surface area (Å²) in [5.41, 5.74) is 1.12. The van der Waals surface area contributed by atoms with Crippen LogP contribution in [-0.4, -0.2) is 27.6 Å². The molecule has 0 saturated carbocycles. The quantitative estimate of drug-likeness (QED) is 0.705. The molecule has 0 radical (unpaired) electrons. The second-order valence-corrected chi connectivity index (χ2v) is 6.38. The van der Waals surface area contributed by atoms with Crippen molar-refractivity contribution in [2.75, 3.05) is 11.9 Å². The first-order chi connectivity index (χ1) is 12.5. The van der Waals surface area contributed by atoms with Gasteiger partial charge in [-0.3, -0.25) is 4.79 Å². The second kappa shape index (κ2) is 7.77. The van der Waals surface area contributed by atoms with Gasteiger partial charge in [-0.15, -0.1) is 0 Å². The number of anilines is 2. The Morgan fingerprint density at radius 2 is 1.88 bits per heavy atom. The van der Waals surface area contributed by atoms with Crippen LogP contribution >= 0.6 is 0 Å². The van der Waals surface area contributed by atoms with E-state index < -0.39 is 0 Å². The summed E-state index contributed by atoms with van der Waals surface area (Å²) >= 11 is 0. The molecular weight excluding hydrogens is 330 g/mol. The van der Waals surface area contributed by atoms with Crippen molar-refractivity contribution in [3.8, 4) is 11.4 Å². The number of benzene rings is 1. The lowest BCUT2D eigenvalue weighted by molar-refractivity contribution is 0.0944. The highest BCUT2D eigenvalue weighted by molar-refractivity contribution is 5.93. The number of aromatic nitrogens is 3. The number of hydrogen-bond acceptors (Lipinski definition) is 6. The summed E-state index contributed by atoms with van der Waals surface area (Å²) in [4.78, 5) is 21.4. The Labute approximate surface area is 151 Å². The number of carbonyl (C=O) groups excluding carboxylic acids is 1. The molecule has 0 saturated heterocycles. The van der Waals surface area contributed by atoms with Crippen LogP contribution < -0.4 is 10.6 Å². The van der Waals surface area contributed by atoms with Crippen molar-refractivity contribution in [3.05, 3.63) is 53.9 Å². The predicted octanol–water partition coefficient (Wildman–Crippen LogP) is 3.57. The Balaban J connectivity index is 1.95. The van der Waals surface area contributed by atoms with Gasteiger partial charge < -0.3 is 15.2 Å². The smallest absolute Gasteiger partial charge is 0.270 e. The van der Waals surface area contributed by atoms with Crippen LogP contribution in [0.15, 0.2) is 47.0 Å². The lowest BCUT2D eigenvalue weighted by Crippen LogP contribution is -2.28. The number of rotatable bonds is 6. The molecule has 3 rings (SSSR count). The van der Waals surface area contributed by atoms with Crippen LogP contribution in [0.5, 0.6) is 0 Å². The van der Waals surface area contributed by atoms with Crippen molar-refractivity contribution in [1.82, 2.24) is 20.4 Å². The lowest BCUT2D eigenvalue weighted by atomic mass is 10.2. The zero-order valence-electron chi connectivity index (χ0n) is 15.0. The average Bonchev–Trinajstić information content (AvgIpc) is 3.04. The molecule has 2 aromatic heterocycles. The topological polar surface area (TPSA) is 92.9 Å². The fraction of sp³-hybridized carbons (Fsp3) is 0.263. The third-order valence-corrected chi connectivity index (χ3v) is 3.55. The summed E-state index contributed by atoms with van der Waals surface area (Å²) in [6.45, 7) is 6.46. The third kappa shape index (κ3) is 4.44. The van der Waals surface area contributed by atoms with Crippen LogP contribution in [-0.2, 0) is 0 Å². The molecule has 0 aliphatic rings. The van der Waals surface area contributed by atoms with E-state index in [2.05, 4.69) is 25.8 Å². The van der Waals surface area contributed by atoms with Crippen molar-refractivity contribution >= 4 is 17.5 Å². The number of hydrogen-bond donors (Lipinski definition) is 2. The van der Waals surface area contributed by atoms with Crippen LogP contribution in [0.2, 0.25) is 0 Å². The van der Waals surface area contributed by atoms with E-state index >= 15 is 0 Å². The molecular formula is C19H21N5O2. The molecule has 0 fully saturated rings. The molecule has 2 N–H and O–H groups in total. The molecule has 0 atom stereocenters. The van der Waals surface area contributed by atoms with Gasteiger partial charge >= 0.3 is 0 Å². The van der Waals surface area contributed by atoms with Crippen LogP contribution in [0, 0.1) is 12.8 Å². The van der Waals surface area contributed by atoms with Gasteiger partial charge in [0.25, 0.3) is 5.91 Å². The summed E-state index contributed by atoms with van der Waals surface area (Å²) in [5.74, 6) is 2.25. The molecule has 0 unspecified atom stereocenters. The van der Waals surface area contributed by atoms with E-state index in [0.29, 0.717) is 41.4 Å². The van der Waals surface area contributed by atoms with Crippen LogP contribution in [0.3, 0.4) is 0 Å². The molecule has 0 spiro atoms. The van der Waals surface area contributed by atoms with Gasteiger partial charge in [-0.2, -0.15) is 0 Å². The van der Waals surface area contributed by atoms with E-state index in [4.69, 9.17) is 4.52 Å². The summed E-state index contributed by atoms with van der Waals surface area (Å²) in [6.07, 6.45) is 0. The van der Waals surface area contributed by atoms with Crippen molar-refractivity contribution in [2.24, 2.45) is 5.92 Å². The van der Waals surface area contributed by atoms with E-state index in [1.807, 2.05) is 44.2 Å². The van der Waals surface area contributed by atoms with Crippen LogP contribution in [0.1, 0.15) is 30.1 Å². The van der Waals surface area contributed by atoms with Crippen LogP contribution in [0.25, 0.3) is 11.4 Å². The normalized spacial score (nSPS) is 10.8. The first-order valence-electron chi connectivity index (χ1n) is 8.44. The molecule has 1 amide bonds. The predicted molar refractivity (Wildman–Crippen MR) is 99.2 cm³/mol. The Morgan fingerprint density at radius 1 is 1.12 bits per heavy atom. The number of nitrogens with zero attached hydrogens (tertiary/aromatic N) is 3. The van der Waals surface area contributed by atoms with E-state index in [-0.39, 0.29) is 5.91 Å². The number of aryl methyl sites for hydroxylation is 1. The molecule has 0 aliphatic heterocycles. The summed E-state index contributed by atoms with van der Waals surface area (Å²) in [5, 5.41) is 9.84. The SMILES string of the molecule is Cc1cc(Nc2cc(C(=O)NCC(C)C)nc(-c3ccccc3)n2)no1. The minimum atomic E-state index is -0.238. The van der Waals surface area contributed by atoms with Crippen molar-refractivity contribution in [1.29, 1.82) is 0 Å². The Morgan fingerprint density at radius 3 is 2.54 bits per heavy atom. The highest BCUT2D eigenvalue weighted by atomic mass is 16.5. The van der Waals surface area contributed by atoms with Gasteiger partial charge in [-0.25, -0.2) is 9.97 Å². The van der Waals surface area contributed by atoms with Gasteiger partial charge in [0.15, 0.2) is 11.6 Å². The van der Waals surface area contributed by atoms with E-state index in [1.165, 1.54) is 0 Å². The molecule has 7 nitrogen and oxygen atoms in total. The van der Waals surface area contributed by atoms with Gasteiger partial charge in [-0.1, -0.05) is 49.3 Å². The number of amides is 1. The van der Waals surface area contributed by atoms with E-state index in [0.717, 1.165) is 5.56 Å². The maximum atomic E-state index is 12.5. The first kappa shape index (κ1) is 17.6. The van der Waals surface area contributed by atoms with Gasteiger partial charge in [-0.05, 0) is 12.8 Å². The van der Waals surface area contributed by atoms with Crippen LogP contribution in [0.4, 0.5) is 11.6 Å². The Bertz CT molecular complexity index is 890. The largest absolute Gasteiger partial charge is 0.360 e. The fourth-order valence-corrected chi connectivity index (χ4v) is 2.29. The van der Waals surface area contributed by atoms with Gasteiger partial charge in [0.2, 0.25) is 0 Å². The van der Waals surface area contributed by atoms with Gasteiger partial charge in [0.1, 0.15) is 17.3 Å². The molecule has 3 aromatic rings. The number of carbonyl (C=O) groups is 1. The molecule has 26 heavy (non-hydrogen) atoms. The van der Waals surface area contributed by atoms with Crippen molar-refractivity contribution < 1.29 is 9.32 Å². The maximum absolute atomic E-state index is 12.5. The zero-order chi connectivity index (χ0) is 18.5. The standard InChI is InChI=1S/C19H21N5O2/c1-12(2)11-20-19(25)15-10-16(22-17-9-13(3)26-24-17)23-18(21-15)14-7-5-4-6-8-14/h4-10,12H,11H2,1-3H3,(H,20,25)(H,21,22,23,24). The second-order valence-electron chi connectivity index (χ2n) is 6.38. The van der Waals surface area contributed by atoms with E-state index in [1.54, 1.807) is 19.1 Å². The average molecular weight is 351 g/mol. The Hall–Kier alpha value is -3.22. The number of nitrogens with one attached hydrogen (secondary N) is 2. The highest BCUT2D eigenvalue weighted by Gasteiger charge is 2.14. The van der Waals surface area contributed by atoms with Crippen molar-refractivity contribution in [2.45, 2.75) is 20.8 Å². The molecule has 0 aliphatic carbocycles. The summed E-state index contributed by atoms with van der Waals surface area (Å²) in [7, 11) is 0. The summed E-state index contributed by atoms with van der Waals surface area (Å²) in [6, 6.07) is 12.9. The fourth-order valence-electron chi connectivity index (χ4n) is 2.29. The molecule has 0 bridgehead atoms. The molecule has 1 aromatic carbocycles. The summed E-state index contributed by atoms with van der Waals surface area (Å²) < 4.78 is 5.06. The van der Waals surface area contributed by atoms with Crippen molar-refractivity contribution in [3.63, 3.8) is 0 Å². The first-order valence-corrected chi connectivity index (χ1v) is 8.44. The lowest BCUT2D eigenvalue weighted by Gasteiger charge is -2.10. The molecule has 2 heterocycles. The van der Waals surface area contributed by atoms with Gasteiger partial charge in [0.05, 0.1) is 0 Å². The van der Waals surface area contributed by atoms with Gasteiger partial charge in [0, 0.05) is 24.2 Å². The highest BCUT2D eigenvalue weighted by Crippen LogP contribution is 2.20. The zero-order valence-corrected chi connectivity index (χ0v) is 15.0. The molecule has 7 heteroatoms. The minimum absolute atomic E-state index is 0.238. The third-order valence-electron chi connectivity index (χ3n) is 3.55. The maximum Gasteiger partial charge on any atom is 0.270 e. The minimum Gasteiger partial charge on any atom is -0.360 e. The molecule has 134 valence electrons.